The van der Waals surface area contributed by atoms with Gasteiger partial charge in [-0.15, -0.1) is 11.8 Å². The van der Waals surface area contributed by atoms with E-state index < -0.39 is 0 Å². The number of thioether (sulfide) groups is 2. The molecular formula is C21H20N2O2S2. The van der Waals surface area contributed by atoms with Gasteiger partial charge in [-0.3, -0.25) is 9.36 Å². The molecule has 6 heteroatoms. The summed E-state index contributed by atoms with van der Waals surface area (Å²) in [7, 11) is 1.64. The second kappa shape index (κ2) is 7.82. The van der Waals surface area contributed by atoms with Crippen LogP contribution in [-0.4, -0.2) is 22.4 Å². The smallest absolute Gasteiger partial charge is 0.272 e. The molecule has 1 aliphatic heterocycles. The van der Waals surface area contributed by atoms with Gasteiger partial charge in [0.2, 0.25) is 0 Å². The van der Waals surface area contributed by atoms with Gasteiger partial charge in [0.25, 0.3) is 5.56 Å². The van der Waals surface area contributed by atoms with E-state index in [1.165, 1.54) is 11.1 Å². The van der Waals surface area contributed by atoms with E-state index in [2.05, 4.69) is 31.2 Å². The molecule has 0 saturated heterocycles. The predicted molar refractivity (Wildman–Crippen MR) is 112 cm³/mol. The lowest BCUT2D eigenvalue weighted by Crippen LogP contribution is -2.23. The zero-order valence-electron chi connectivity index (χ0n) is 15.3. The average Bonchev–Trinajstić information content (AvgIpc) is 3.16. The highest BCUT2D eigenvalue weighted by Crippen LogP contribution is 2.31. The Bertz CT molecular complexity index is 1030. The van der Waals surface area contributed by atoms with Crippen LogP contribution in [0.3, 0.4) is 0 Å². The third-order valence-electron chi connectivity index (χ3n) is 4.45. The van der Waals surface area contributed by atoms with Gasteiger partial charge in [0.1, 0.15) is 5.75 Å². The minimum atomic E-state index is 0.0272. The van der Waals surface area contributed by atoms with Gasteiger partial charge in [-0.2, -0.15) is 0 Å². The first kappa shape index (κ1) is 18.2. The molecule has 3 aromatic rings. The predicted octanol–water partition coefficient (Wildman–Crippen LogP) is 4.49. The summed E-state index contributed by atoms with van der Waals surface area (Å²) in [5.41, 5.74) is 4.24. The van der Waals surface area contributed by atoms with Crippen LogP contribution >= 0.6 is 23.5 Å². The van der Waals surface area contributed by atoms with Crippen molar-refractivity contribution in [2.75, 3.05) is 12.9 Å². The Kier molecular flexibility index (Phi) is 5.27. The van der Waals surface area contributed by atoms with Gasteiger partial charge in [-0.1, -0.05) is 41.6 Å². The zero-order chi connectivity index (χ0) is 18.8. The zero-order valence-corrected chi connectivity index (χ0v) is 16.9. The van der Waals surface area contributed by atoms with Gasteiger partial charge in [-0.25, -0.2) is 4.98 Å². The first-order valence-electron chi connectivity index (χ1n) is 8.77. The Hall–Kier alpha value is -2.18. The lowest BCUT2D eigenvalue weighted by Gasteiger charge is -2.14. The van der Waals surface area contributed by atoms with Crippen LogP contribution in [0.15, 0.2) is 63.4 Å². The van der Waals surface area contributed by atoms with Crippen molar-refractivity contribution >= 4 is 23.5 Å². The number of hydrogen-bond donors (Lipinski definition) is 0. The number of benzene rings is 2. The molecule has 0 bridgehead atoms. The fraction of sp³-hybridized carbons (Fsp3) is 0.238. The van der Waals surface area contributed by atoms with Gasteiger partial charge < -0.3 is 4.74 Å². The molecule has 0 radical (unpaired) electrons. The van der Waals surface area contributed by atoms with Crippen LogP contribution in [0.1, 0.15) is 16.8 Å². The number of methoxy groups -OCH3 is 1. The third kappa shape index (κ3) is 3.77. The lowest BCUT2D eigenvalue weighted by atomic mass is 10.2. The minimum absolute atomic E-state index is 0.0272. The second-order valence-corrected chi connectivity index (χ2v) is 8.43. The fourth-order valence-electron chi connectivity index (χ4n) is 3.10. The molecular weight excluding hydrogens is 376 g/mol. The molecule has 2 aromatic carbocycles. The van der Waals surface area contributed by atoms with E-state index in [1.807, 2.05) is 24.3 Å². The minimum Gasteiger partial charge on any atom is -0.497 e. The van der Waals surface area contributed by atoms with Crippen molar-refractivity contribution in [1.29, 1.82) is 0 Å². The number of aryl methyl sites for hydroxylation is 2. The van der Waals surface area contributed by atoms with Gasteiger partial charge >= 0.3 is 0 Å². The van der Waals surface area contributed by atoms with E-state index in [9.17, 15) is 4.79 Å². The summed E-state index contributed by atoms with van der Waals surface area (Å²) in [5.74, 6) is 2.46. The molecule has 0 aliphatic carbocycles. The summed E-state index contributed by atoms with van der Waals surface area (Å²) in [6, 6.07) is 16.0. The SMILES string of the molecule is COc1ccc(-n2c(SCc3cccc(C)c3)nc3c(c2=O)SCC3)cc1. The molecule has 0 N–H and O–H groups in total. The molecule has 1 aromatic heterocycles. The summed E-state index contributed by atoms with van der Waals surface area (Å²) >= 11 is 3.21. The van der Waals surface area contributed by atoms with Crippen molar-refractivity contribution in [3.63, 3.8) is 0 Å². The van der Waals surface area contributed by atoms with E-state index in [0.29, 0.717) is 0 Å². The van der Waals surface area contributed by atoms with E-state index in [1.54, 1.807) is 35.2 Å². The summed E-state index contributed by atoms with van der Waals surface area (Å²) in [6.45, 7) is 2.09. The molecule has 0 amide bonds. The van der Waals surface area contributed by atoms with Crippen LogP contribution < -0.4 is 10.3 Å². The topological polar surface area (TPSA) is 44.1 Å². The molecule has 0 unspecified atom stereocenters. The monoisotopic (exact) mass is 396 g/mol. The first-order chi connectivity index (χ1) is 13.2. The number of fused-ring (bicyclic) bond motifs is 1. The molecule has 138 valence electrons. The van der Waals surface area contributed by atoms with Crippen molar-refractivity contribution < 1.29 is 4.74 Å². The van der Waals surface area contributed by atoms with Crippen LogP contribution in [-0.2, 0) is 12.2 Å². The third-order valence-corrected chi connectivity index (χ3v) is 6.56. The fourth-order valence-corrected chi connectivity index (χ4v) is 5.09. The highest BCUT2D eigenvalue weighted by molar-refractivity contribution is 7.99. The number of nitrogens with zero attached hydrogens (tertiary/aromatic N) is 2. The van der Waals surface area contributed by atoms with E-state index >= 15 is 0 Å². The summed E-state index contributed by atoms with van der Waals surface area (Å²) in [6.07, 6.45) is 0.858. The maximum Gasteiger partial charge on any atom is 0.272 e. The van der Waals surface area contributed by atoms with E-state index in [0.717, 1.165) is 45.1 Å². The molecule has 2 heterocycles. The van der Waals surface area contributed by atoms with Crippen molar-refractivity contribution in [3.05, 3.63) is 75.7 Å². The molecule has 0 atom stereocenters. The van der Waals surface area contributed by atoms with Crippen molar-refractivity contribution in [1.82, 2.24) is 9.55 Å². The van der Waals surface area contributed by atoms with Gasteiger partial charge in [0, 0.05) is 17.9 Å². The van der Waals surface area contributed by atoms with Crippen LogP contribution in [0, 0.1) is 6.92 Å². The largest absolute Gasteiger partial charge is 0.497 e. The molecule has 4 nitrogen and oxygen atoms in total. The quantitative estimate of drug-likeness (QED) is 0.470. The Morgan fingerprint density at radius 1 is 1.22 bits per heavy atom. The molecule has 0 fully saturated rings. The van der Waals surface area contributed by atoms with E-state index in [-0.39, 0.29) is 5.56 Å². The highest BCUT2D eigenvalue weighted by Gasteiger charge is 2.22. The van der Waals surface area contributed by atoms with Crippen molar-refractivity contribution in [2.24, 2.45) is 0 Å². The lowest BCUT2D eigenvalue weighted by molar-refractivity contribution is 0.414. The molecule has 0 spiro atoms. The van der Waals surface area contributed by atoms with Gasteiger partial charge in [0.15, 0.2) is 5.16 Å². The van der Waals surface area contributed by atoms with Crippen LogP contribution in [0.4, 0.5) is 0 Å². The van der Waals surface area contributed by atoms with Crippen LogP contribution in [0.2, 0.25) is 0 Å². The Balaban J connectivity index is 1.75. The first-order valence-corrected chi connectivity index (χ1v) is 10.7. The summed E-state index contributed by atoms with van der Waals surface area (Å²) < 4.78 is 6.98. The number of hydrogen-bond acceptors (Lipinski definition) is 5. The number of ether oxygens (including phenoxy) is 1. The molecule has 0 saturated carbocycles. The maximum absolute atomic E-state index is 13.2. The van der Waals surface area contributed by atoms with Crippen molar-refractivity contribution in [2.45, 2.75) is 29.1 Å². The van der Waals surface area contributed by atoms with Gasteiger partial charge in [-0.05, 0) is 36.8 Å². The Labute approximate surface area is 167 Å². The van der Waals surface area contributed by atoms with E-state index in [4.69, 9.17) is 9.72 Å². The summed E-state index contributed by atoms with van der Waals surface area (Å²) in [4.78, 5) is 18.8. The standard InChI is InChI=1S/C21H20N2O2S2/c1-14-4-3-5-15(12-14)13-27-21-22-18-10-11-26-19(18)20(24)23(21)16-6-8-17(25-2)9-7-16/h3-9,12H,10-11,13H2,1-2H3. The Morgan fingerprint density at radius 3 is 2.78 bits per heavy atom. The van der Waals surface area contributed by atoms with Crippen LogP contribution in [0.25, 0.3) is 5.69 Å². The van der Waals surface area contributed by atoms with Gasteiger partial charge in [0.05, 0.1) is 23.4 Å². The number of aromatic nitrogens is 2. The van der Waals surface area contributed by atoms with Crippen LogP contribution in [0.5, 0.6) is 5.75 Å². The van der Waals surface area contributed by atoms with Crippen molar-refractivity contribution in [3.8, 4) is 11.4 Å². The molecule has 1 aliphatic rings. The second-order valence-electron chi connectivity index (χ2n) is 6.38. The maximum atomic E-state index is 13.2. The normalized spacial score (nSPS) is 12.8. The molecule has 27 heavy (non-hydrogen) atoms. The highest BCUT2D eigenvalue weighted by atomic mass is 32.2. The number of rotatable bonds is 5. The Morgan fingerprint density at radius 2 is 2.04 bits per heavy atom. The summed E-state index contributed by atoms with van der Waals surface area (Å²) in [5, 5.41) is 0.743. The average molecular weight is 397 g/mol. The molecule has 4 rings (SSSR count).